The molecule has 1 heterocycles. The number of carbonyl (C=O) groups is 3. The van der Waals surface area contributed by atoms with E-state index in [2.05, 4.69) is 10.7 Å². The second kappa shape index (κ2) is 9.61. The van der Waals surface area contributed by atoms with Gasteiger partial charge in [0.2, 0.25) is 5.91 Å². The second-order valence-corrected chi connectivity index (χ2v) is 8.29. The molecule has 1 aliphatic rings. The van der Waals surface area contributed by atoms with Gasteiger partial charge < -0.3 is 5.32 Å². The number of carbonyl (C=O) groups excluding carboxylic acids is 3. The van der Waals surface area contributed by atoms with Crippen LogP contribution in [0.5, 0.6) is 0 Å². The molecule has 0 radical (unpaired) electrons. The monoisotopic (exact) mass is 481 g/mol. The molecule has 3 aromatic carbocycles. The van der Waals surface area contributed by atoms with Crippen molar-refractivity contribution in [1.82, 2.24) is 10.7 Å². The van der Waals surface area contributed by atoms with Crippen molar-refractivity contribution in [3.8, 4) is 11.1 Å². The van der Waals surface area contributed by atoms with Crippen LogP contribution in [0.1, 0.15) is 30.9 Å². The highest BCUT2D eigenvalue weighted by atomic mass is 19.1. The summed E-state index contributed by atoms with van der Waals surface area (Å²) in [6.45, 7) is 3.11. The molecule has 0 aromatic heterocycles. The van der Waals surface area contributed by atoms with Crippen molar-refractivity contribution in [3.63, 3.8) is 0 Å². The van der Waals surface area contributed by atoms with Crippen molar-refractivity contribution in [2.24, 2.45) is 0 Å². The number of hydrazine groups is 1. The summed E-state index contributed by atoms with van der Waals surface area (Å²) in [4.78, 5) is 38.5. The first-order valence-electron chi connectivity index (χ1n) is 10.9. The van der Waals surface area contributed by atoms with Crippen LogP contribution in [0.3, 0.4) is 0 Å². The molecule has 0 saturated heterocycles. The third-order valence-corrected chi connectivity index (χ3v) is 5.89. The lowest BCUT2D eigenvalue weighted by atomic mass is 9.92. The fourth-order valence-corrected chi connectivity index (χ4v) is 4.04. The zero-order valence-electron chi connectivity index (χ0n) is 18.9. The Morgan fingerprint density at radius 1 is 0.971 bits per heavy atom. The van der Waals surface area contributed by atoms with Gasteiger partial charge in [-0.25, -0.2) is 18.2 Å². The van der Waals surface area contributed by atoms with E-state index in [0.29, 0.717) is 17.8 Å². The maximum Gasteiger partial charge on any atom is 0.261 e. The number of benzene rings is 3. The molecule has 3 amide bonds. The molecule has 0 bridgehead atoms. The maximum atomic E-state index is 13.9. The molecule has 3 aromatic rings. The Hall–Kier alpha value is -4.14. The normalized spacial score (nSPS) is 15.5. The Morgan fingerprint density at radius 3 is 2.26 bits per heavy atom. The highest BCUT2D eigenvalue weighted by Gasteiger charge is 2.33. The molecule has 2 N–H and O–H groups in total. The van der Waals surface area contributed by atoms with Gasteiger partial charge in [-0.05, 0) is 31.0 Å². The van der Waals surface area contributed by atoms with Gasteiger partial charge in [0.15, 0.2) is 0 Å². The first-order valence-corrected chi connectivity index (χ1v) is 10.9. The minimum atomic E-state index is -1.20. The Labute approximate surface area is 199 Å². The lowest BCUT2D eigenvalue weighted by Gasteiger charge is -2.27. The van der Waals surface area contributed by atoms with E-state index in [1.807, 2.05) is 36.4 Å². The first-order chi connectivity index (χ1) is 16.7. The van der Waals surface area contributed by atoms with E-state index in [-0.39, 0.29) is 5.91 Å². The number of amides is 3. The topological polar surface area (TPSA) is 78.5 Å². The van der Waals surface area contributed by atoms with E-state index in [0.717, 1.165) is 21.7 Å². The van der Waals surface area contributed by atoms with Crippen molar-refractivity contribution in [3.05, 3.63) is 89.2 Å². The molecule has 180 valence electrons. The summed E-state index contributed by atoms with van der Waals surface area (Å²) in [5, 5.41) is 3.51. The lowest BCUT2D eigenvalue weighted by Crippen LogP contribution is -2.54. The van der Waals surface area contributed by atoms with Crippen LogP contribution in [0.4, 0.5) is 18.9 Å². The molecule has 1 unspecified atom stereocenters. The Kier molecular flexibility index (Phi) is 6.59. The van der Waals surface area contributed by atoms with Crippen LogP contribution in [-0.4, -0.2) is 23.8 Å². The van der Waals surface area contributed by atoms with Gasteiger partial charge >= 0.3 is 0 Å². The number of halogens is 3. The fourth-order valence-electron chi connectivity index (χ4n) is 4.04. The fraction of sp³-hybridized carbons (Fsp3) is 0.192. The van der Waals surface area contributed by atoms with Crippen LogP contribution in [-0.2, 0) is 20.8 Å². The second-order valence-electron chi connectivity index (χ2n) is 8.29. The van der Waals surface area contributed by atoms with E-state index in [4.69, 9.17) is 0 Å². The summed E-state index contributed by atoms with van der Waals surface area (Å²) >= 11 is 0. The molecule has 2 atom stereocenters. The van der Waals surface area contributed by atoms with Gasteiger partial charge in [0.1, 0.15) is 23.5 Å². The first kappa shape index (κ1) is 24.0. The molecule has 6 nitrogen and oxygen atoms in total. The van der Waals surface area contributed by atoms with Crippen molar-refractivity contribution < 1.29 is 27.6 Å². The molecule has 0 saturated carbocycles. The third kappa shape index (κ3) is 4.75. The zero-order valence-corrected chi connectivity index (χ0v) is 18.9. The summed E-state index contributed by atoms with van der Waals surface area (Å²) in [6.07, 6.45) is -0.729. The summed E-state index contributed by atoms with van der Waals surface area (Å²) in [5.41, 5.74) is 4.85. The van der Waals surface area contributed by atoms with Gasteiger partial charge in [0.05, 0.1) is 18.0 Å². The van der Waals surface area contributed by atoms with Crippen LogP contribution in [0, 0.1) is 17.5 Å². The Bertz CT molecular complexity index is 1300. The van der Waals surface area contributed by atoms with Crippen LogP contribution >= 0.6 is 0 Å². The molecule has 4 rings (SSSR count). The number of anilines is 1. The van der Waals surface area contributed by atoms with Crippen molar-refractivity contribution >= 4 is 23.4 Å². The lowest BCUT2D eigenvalue weighted by molar-refractivity contribution is -0.130. The van der Waals surface area contributed by atoms with Crippen molar-refractivity contribution in [1.29, 1.82) is 0 Å². The van der Waals surface area contributed by atoms with Crippen LogP contribution in [0.25, 0.3) is 11.1 Å². The smallest absolute Gasteiger partial charge is 0.261 e. The predicted octanol–water partition coefficient (Wildman–Crippen LogP) is 4.00. The molecule has 0 fully saturated rings. The number of hydrogen-bond acceptors (Lipinski definition) is 3. The van der Waals surface area contributed by atoms with Gasteiger partial charge in [0, 0.05) is 23.3 Å². The van der Waals surface area contributed by atoms with Crippen molar-refractivity contribution in [2.45, 2.75) is 32.2 Å². The number of nitrogens with one attached hydrogen (secondary N) is 2. The molecule has 35 heavy (non-hydrogen) atoms. The number of fused-ring (bicyclic) bond motifs is 3. The molecule has 0 aliphatic carbocycles. The quantitative estimate of drug-likeness (QED) is 0.578. The number of hydrogen-bond donors (Lipinski definition) is 2. The Morgan fingerprint density at radius 2 is 1.57 bits per heavy atom. The highest BCUT2D eigenvalue weighted by Crippen LogP contribution is 2.39. The SMILES string of the molecule is CC1C(=O)N(NC(=O)[C@H](C)NC(=O)Cc2c(F)cc(F)cc2F)c2ccccc2-c2ccccc21. The summed E-state index contributed by atoms with van der Waals surface area (Å²) in [6, 6.07) is 14.4. The molecular weight excluding hydrogens is 459 g/mol. The highest BCUT2D eigenvalue weighted by molar-refractivity contribution is 6.06. The standard InChI is InChI=1S/C26H22F3N3O3/c1-14-17-7-3-4-8-18(17)19-9-5-6-10-23(19)32(26(14)35)31-25(34)15(2)30-24(33)13-20-21(28)11-16(27)12-22(20)29/h3-12,14-15H,13H2,1-2H3,(H,30,33)(H,31,34)/t14?,15-/m0/s1. The summed E-state index contributed by atoms with van der Waals surface area (Å²) in [7, 11) is 0. The number of nitrogens with zero attached hydrogens (tertiary/aromatic N) is 1. The molecular formula is C26H22F3N3O3. The molecule has 1 aliphatic heterocycles. The van der Waals surface area contributed by atoms with E-state index in [1.165, 1.54) is 6.92 Å². The summed E-state index contributed by atoms with van der Waals surface area (Å²) < 4.78 is 40.8. The van der Waals surface area contributed by atoms with Crippen LogP contribution in [0.15, 0.2) is 60.7 Å². The van der Waals surface area contributed by atoms with E-state index < -0.39 is 53.2 Å². The van der Waals surface area contributed by atoms with E-state index >= 15 is 0 Å². The van der Waals surface area contributed by atoms with Crippen LogP contribution < -0.4 is 15.8 Å². The van der Waals surface area contributed by atoms with E-state index in [9.17, 15) is 27.6 Å². The number of rotatable bonds is 5. The zero-order chi connectivity index (χ0) is 25.3. The number of para-hydroxylation sites is 1. The van der Waals surface area contributed by atoms with Gasteiger partial charge in [-0.2, -0.15) is 0 Å². The minimum Gasteiger partial charge on any atom is -0.344 e. The maximum absolute atomic E-state index is 13.9. The van der Waals surface area contributed by atoms with Gasteiger partial charge in [-0.1, -0.05) is 42.5 Å². The molecule has 9 heteroatoms. The average molecular weight is 481 g/mol. The van der Waals surface area contributed by atoms with Crippen LogP contribution in [0.2, 0.25) is 0 Å². The van der Waals surface area contributed by atoms with Gasteiger partial charge in [0.25, 0.3) is 11.8 Å². The van der Waals surface area contributed by atoms with Gasteiger partial charge in [-0.15, -0.1) is 0 Å². The molecule has 0 spiro atoms. The van der Waals surface area contributed by atoms with E-state index in [1.54, 1.807) is 19.1 Å². The van der Waals surface area contributed by atoms with Gasteiger partial charge in [-0.3, -0.25) is 19.8 Å². The third-order valence-electron chi connectivity index (χ3n) is 5.89. The summed E-state index contributed by atoms with van der Waals surface area (Å²) in [5.74, 6) is -5.99. The predicted molar refractivity (Wildman–Crippen MR) is 124 cm³/mol. The average Bonchev–Trinajstić information content (AvgIpc) is 2.91. The minimum absolute atomic E-state index is 0.371. The Balaban J connectivity index is 1.52. The largest absolute Gasteiger partial charge is 0.344 e. The van der Waals surface area contributed by atoms with Crippen molar-refractivity contribution in [2.75, 3.05) is 5.01 Å².